The first-order valence-electron chi connectivity index (χ1n) is 7.17. The first-order valence-corrected chi connectivity index (χ1v) is 7.17. The van der Waals surface area contributed by atoms with Gasteiger partial charge in [-0.1, -0.05) is 13.0 Å². The lowest BCUT2D eigenvalue weighted by Gasteiger charge is -2.36. The quantitative estimate of drug-likeness (QED) is 0.747. The van der Waals surface area contributed by atoms with Crippen LogP contribution in [-0.2, 0) is 4.74 Å². The molecule has 0 saturated carbocycles. The predicted molar refractivity (Wildman–Crippen MR) is 80.3 cm³/mol. The zero-order chi connectivity index (χ0) is 15.6. The van der Waals surface area contributed by atoms with Gasteiger partial charge in [-0.25, -0.2) is 8.78 Å². The molecule has 5 N–H and O–H groups in total. The van der Waals surface area contributed by atoms with Gasteiger partial charge in [0, 0.05) is 23.8 Å². The van der Waals surface area contributed by atoms with E-state index in [-0.39, 0.29) is 12.1 Å². The van der Waals surface area contributed by atoms with Crippen LogP contribution in [0.1, 0.15) is 30.4 Å². The van der Waals surface area contributed by atoms with Crippen LogP contribution in [-0.4, -0.2) is 25.8 Å². The second kappa shape index (κ2) is 6.58. The molecule has 21 heavy (non-hydrogen) atoms. The summed E-state index contributed by atoms with van der Waals surface area (Å²) in [6.07, 6.45) is -2.07. The van der Waals surface area contributed by atoms with Crippen molar-refractivity contribution in [1.82, 2.24) is 5.32 Å². The molecule has 0 aromatic heterocycles. The van der Waals surface area contributed by atoms with E-state index in [0.29, 0.717) is 30.3 Å². The van der Waals surface area contributed by atoms with Gasteiger partial charge < -0.3 is 16.2 Å². The normalized spacial score (nSPS) is 26.2. The van der Waals surface area contributed by atoms with Gasteiger partial charge in [-0.2, -0.15) is 0 Å². The number of hydrogen-bond donors (Lipinski definition) is 3. The summed E-state index contributed by atoms with van der Waals surface area (Å²) in [6, 6.07) is 3.81. The van der Waals surface area contributed by atoms with Crippen molar-refractivity contribution in [2.24, 2.45) is 5.92 Å². The van der Waals surface area contributed by atoms with Gasteiger partial charge in [0.05, 0.1) is 0 Å². The Morgan fingerprint density at radius 3 is 2.67 bits per heavy atom. The van der Waals surface area contributed by atoms with E-state index in [1.165, 1.54) is 0 Å². The molecule has 1 saturated heterocycles. The molecule has 1 fully saturated rings. The topological polar surface area (TPSA) is 73.3 Å². The fourth-order valence-electron chi connectivity index (χ4n) is 2.86. The highest BCUT2D eigenvalue weighted by Crippen LogP contribution is 2.36. The molecular weight excluding hydrogens is 276 g/mol. The zero-order valence-corrected chi connectivity index (χ0v) is 12.4. The van der Waals surface area contributed by atoms with E-state index in [9.17, 15) is 8.78 Å². The van der Waals surface area contributed by atoms with Crippen molar-refractivity contribution in [2.75, 3.05) is 24.6 Å². The highest BCUT2D eigenvalue weighted by atomic mass is 19.3. The summed E-state index contributed by atoms with van der Waals surface area (Å²) in [5, 5.41) is 3.17. The third kappa shape index (κ3) is 3.83. The summed E-state index contributed by atoms with van der Waals surface area (Å²) < 4.78 is 29.5. The summed E-state index contributed by atoms with van der Waals surface area (Å²) >= 11 is 0. The van der Waals surface area contributed by atoms with Crippen molar-refractivity contribution < 1.29 is 13.5 Å². The molecular formula is C15H23F2N3O. The average Bonchev–Trinajstić information content (AvgIpc) is 2.41. The van der Waals surface area contributed by atoms with Crippen molar-refractivity contribution in [1.29, 1.82) is 0 Å². The Bertz CT molecular complexity index is 496. The highest BCUT2D eigenvalue weighted by Gasteiger charge is 2.30. The molecule has 0 spiro atoms. The third-order valence-corrected chi connectivity index (χ3v) is 4.13. The molecule has 3 unspecified atom stereocenters. The predicted octanol–water partition coefficient (Wildman–Crippen LogP) is 2.48. The standard InChI is InChI=1S/C15H23F2N3O/c1-8-4-15(21-7-14(16)17)20-6-11(8)10-3-9(2)12(18)5-13(10)19/h3,5,8,11,14-15,20H,4,6-7,18-19H2,1-2H3. The minimum Gasteiger partial charge on any atom is -0.398 e. The van der Waals surface area contributed by atoms with Gasteiger partial charge in [-0.05, 0) is 36.5 Å². The van der Waals surface area contributed by atoms with Crippen LogP contribution < -0.4 is 16.8 Å². The van der Waals surface area contributed by atoms with Gasteiger partial charge in [0.25, 0.3) is 6.43 Å². The lowest BCUT2D eigenvalue weighted by molar-refractivity contribution is -0.0562. The number of nitrogens with one attached hydrogen (secondary N) is 1. The molecule has 1 aromatic rings. The van der Waals surface area contributed by atoms with Crippen LogP contribution in [0.15, 0.2) is 12.1 Å². The van der Waals surface area contributed by atoms with Crippen LogP contribution >= 0.6 is 0 Å². The van der Waals surface area contributed by atoms with Crippen molar-refractivity contribution in [3.63, 3.8) is 0 Å². The van der Waals surface area contributed by atoms with E-state index in [1.807, 2.05) is 13.0 Å². The van der Waals surface area contributed by atoms with Crippen molar-refractivity contribution in [3.8, 4) is 0 Å². The number of nitrogens with two attached hydrogens (primary N) is 2. The van der Waals surface area contributed by atoms with Crippen LogP contribution in [0, 0.1) is 12.8 Å². The molecule has 0 aliphatic carbocycles. The Morgan fingerprint density at radius 2 is 2.05 bits per heavy atom. The molecule has 2 rings (SSSR count). The molecule has 1 aromatic carbocycles. The first-order chi connectivity index (χ1) is 9.88. The number of ether oxygens (including phenoxy) is 1. The number of halogens is 2. The molecule has 1 aliphatic rings. The number of rotatable bonds is 4. The Morgan fingerprint density at radius 1 is 1.33 bits per heavy atom. The zero-order valence-electron chi connectivity index (χ0n) is 12.4. The van der Waals surface area contributed by atoms with Crippen molar-refractivity contribution in [3.05, 3.63) is 23.3 Å². The Hall–Kier alpha value is -1.40. The highest BCUT2D eigenvalue weighted by molar-refractivity contribution is 5.62. The molecule has 0 amide bonds. The van der Waals surface area contributed by atoms with Gasteiger partial charge >= 0.3 is 0 Å². The summed E-state index contributed by atoms with van der Waals surface area (Å²) in [5.74, 6) is 0.523. The maximum Gasteiger partial charge on any atom is 0.261 e. The second-order valence-electron chi connectivity index (χ2n) is 5.78. The Labute approximate surface area is 123 Å². The first kappa shape index (κ1) is 16.0. The maximum absolute atomic E-state index is 12.2. The van der Waals surface area contributed by atoms with E-state index in [1.54, 1.807) is 6.07 Å². The number of anilines is 2. The van der Waals surface area contributed by atoms with Crippen LogP contribution in [0.3, 0.4) is 0 Å². The number of nitrogen functional groups attached to an aromatic ring is 2. The van der Waals surface area contributed by atoms with E-state index < -0.39 is 13.0 Å². The molecule has 1 aliphatic heterocycles. The number of piperidine rings is 1. The van der Waals surface area contributed by atoms with Crippen LogP contribution in [0.4, 0.5) is 20.2 Å². The molecule has 1 heterocycles. The maximum atomic E-state index is 12.2. The summed E-state index contributed by atoms with van der Waals surface area (Å²) in [7, 11) is 0. The average molecular weight is 299 g/mol. The number of alkyl halides is 2. The monoisotopic (exact) mass is 299 g/mol. The number of aryl methyl sites for hydroxylation is 1. The van der Waals surface area contributed by atoms with Crippen LogP contribution in [0.5, 0.6) is 0 Å². The summed E-state index contributed by atoms with van der Waals surface area (Å²) in [5.41, 5.74) is 15.4. The fourth-order valence-corrected chi connectivity index (χ4v) is 2.86. The Balaban J connectivity index is 2.05. The lowest BCUT2D eigenvalue weighted by Crippen LogP contribution is -2.44. The van der Waals surface area contributed by atoms with Gasteiger partial charge in [-0.3, -0.25) is 5.32 Å². The largest absolute Gasteiger partial charge is 0.398 e. The van der Waals surface area contributed by atoms with E-state index >= 15 is 0 Å². The molecule has 118 valence electrons. The van der Waals surface area contributed by atoms with Crippen LogP contribution in [0.2, 0.25) is 0 Å². The van der Waals surface area contributed by atoms with E-state index in [0.717, 1.165) is 11.1 Å². The number of benzene rings is 1. The third-order valence-electron chi connectivity index (χ3n) is 4.13. The van der Waals surface area contributed by atoms with Gasteiger partial charge in [0.1, 0.15) is 12.8 Å². The van der Waals surface area contributed by atoms with Crippen molar-refractivity contribution in [2.45, 2.75) is 38.8 Å². The van der Waals surface area contributed by atoms with Crippen LogP contribution in [0.25, 0.3) is 0 Å². The van der Waals surface area contributed by atoms with E-state index in [4.69, 9.17) is 16.2 Å². The molecule has 6 heteroatoms. The number of hydrogen-bond acceptors (Lipinski definition) is 4. The molecule has 4 nitrogen and oxygen atoms in total. The summed E-state index contributed by atoms with van der Waals surface area (Å²) in [4.78, 5) is 0. The minimum absolute atomic E-state index is 0.232. The summed E-state index contributed by atoms with van der Waals surface area (Å²) in [6.45, 7) is 4.17. The SMILES string of the molecule is Cc1cc(C2CNC(OCC(F)F)CC2C)c(N)cc1N. The van der Waals surface area contributed by atoms with Gasteiger partial charge in [0.2, 0.25) is 0 Å². The molecule has 3 atom stereocenters. The van der Waals surface area contributed by atoms with E-state index in [2.05, 4.69) is 12.2 Å². The molecule has 0 bridgehead atoms. The molecule has 0 radical (unpaired) electrons. The van der Waals surface area contributed by atoms with Gasteiger partial charge in [0.15, 0.2) is 0 Å². The van der Waals surface area contributed by atoms with Crippen molar-refractivity contribution >= 4 is 11.4 Å². The lowest BCUT2D eigenvalue weighted by atomic mass is 9.81. The smallest absolute Gasteiger partial charge is 0.261 e. The minimum atomic E-state index is -2.43. The fraction of sp³-hybridized carbons (Fsp3) is 0.600. The Kier molecular flexibility index (Phi) is 5.00. The van der Waals surface area contributed by atoms with Gasteiger partial charge in [-0.15, -0.1) is 0 Å². The second-order valence-corrected chi connectivity index (χ2v) is 5.78.